The van der Waals surface area contributed by atoms with E-state index >= 15 is 0 Å². The number of benzene rings is 3. The van der Waals surface area contributed by atoms with Gasteiger partial charge in [-0.15, -0.1) is 0 Å². The van der Waals surface area contributed by atoms with E-state index in [1.807, 2.05) is 0 Å². The maximum Gasteiger partial charge on any atom is 0.490 e. The fraction of sp³-hybridized carbons (Fsp3) is 0.143. The Balaban J connectivity index is 2.91. The van der Waals surface area contributed by atoms with Crippen LogP contribution < -0.4 is 15.6 Å². The number of halogens is 9. The Kier molecular flexibility index (Phi) is 9.09. The zero-order valence-electron chi connectivity index (χ0n) is 20.2. The average molecular weight is 715 g/mol. The van der Waals surface area contributed by atoms with E-state index in [4.69, 9.17) is 0 Å². The van der Waals surface area contributed by atoms with Crippen molar-refractivity contribution in [1.29, 1.82) is 0 Å². The van der Waals surface area contributed by atoms with Gasteiger partial charge in [0.15, 0.2) is 0 Å². The predicted octanol–water partition coefficient (Wildman–Crippen LogP) is 2.60. The van der Waals surface area contributed by atoms with Gasteiger partial charge in [-0.3, -0.25) is 0 Å². The summed E-state index contributed by atoms with van der Waals surface area (Å²) in [4.78, 5) is 0. The lowest BCUT2D eigenvalue weighted by Crippen LogP contribution is -2.86. The van der Waals surface area contributed by atoms with E-state index in [-0.39, 0.29) is 0 Å². The van der Waals surface area contributed by atoms with E-state index in [9.17, 15) is 64.8 Å². The van der Waals surface area contributed by atoms with Crippen molar-refractivity contribution in [1.82, 2.24) is 0 Å². The first-order chi connectivity index (χ1) is 19.1. The van der Waals surface area contributed by atoms with Crippen LogP contribution in [0.4, 0.5) is 39.5 Å². The molecular formula is C21H15F9O6S3Si3. The van der Waals surface area contributed by atoms with Gasteiger partial charge >= 0.3 is 16.5 Å². The van der Waals surface area contributed by atoms with Crippen molar-refractivity contribution in [2.45, 2.75) is 16.5 Å². The quantitative estimate of drug-likeness (QED) is 0.263. The summed E-state index contributed by atoms with van der Waals surface area (Å²) >= 11 is 0. The minimum absolute atomic E-state index is 0.425. The molecule has 21 heteroatoms. The van der Waals surface area contributed by atoms with Crippen LogP contribution >= 0.6 is 0 Å². The van der Waals surface area contributed by atoms with E-state index in [2.05, 4.69) is 0 Å². The number of hydrogen-bond donors (Lipinski definition) is 0. The van der Waals surface area contributed by atoms with Crippen LogP contribution in [-0.4, -0.2) is 63.0 Å². The van der Waals surface area contributed by atoms with Gasteiger partial charge in [0.25, 0.3) is 21.2 Å². The van der Waals surface area contributed by atoms with E-state index < -0.39 is 81.1 Å². The minimum atomic E-state index is -7.46. The van der Waals surface area contributed by atoms with Gasteiger partial charge in [-0.2, -0.15) is 39.5 Å². The Hall–Kier alpha value is -2.47. The second-order valence-electron chi connectivity index (χ2n) is 8.29. The molecule has 2 radical (unpaired) electrons. The molecule has 0 atom stereocenters. The second kappa shape index (κ2) is 11.2. The highest BCUT2D eigenvalue weighted by molar-refractivity contribution is 8.56. The molecule has 42 heavy (non-hydrogen) atoms. The summed E-state index contributed by atoms with van der Waals surface area (Å²) in [6.07, 6.45) is -7.33. The molecule has 0 N–H and O–H groups in total. The smallest absolute Gasteiger partial charge is 0.227 e. The lowest BCUT2D eigenvalue weighted by Gasteiger charge is -2.40. The highest BCUT2D eigenvalue weighted by Crippen LogP contribution is 2.42. The third-order valence-electron chi connectivity index (χ3n) is 5.75. The molecule has 3 aromatic carbocycles. The van der Waals surface area contributed by atoms with Crippen LogP contribution in [0, 0.1) is 0 Å². The van der Waals surface area contributed by atoms with E-state index in [1.165, 1.54) is 0 Å². The van der Waals surface area contributed by atoms with Gasteiger partial charge < -0.3 is 0 Å². The molecule has 0 aromatic heterocycles. The van der Waals surface area contributed by atoms with Crippen LogP contribution in [0.2, 0.25) is 0 Å². The predicted molar refractivity (Wildman–Crippen MR) is 140 cm³/mol. The molecule has 0 unspecified atom stereocenters. The Morgan fingerprint density at radius 2 is 0.738 bits per heavy atom. The van der Waals surface area contributed by atoms with E-state index in [0.29, 0.717) is 36.4 Å². The first-order valence-electron chi connectivity index (χ1n) is 10.9. The molecule has 0 saturated heterocycles. The molecule has 228 valence electrons. The van der Waals surface area contributed by atoms with Crippen LogP contribution in [0.15, 0.2) is 91.0 Å². The van der Waals surface area contributed by atoms with Gasteiger partial charge in [-0.25, -0.2) is 25.3 Å². The third kappa shape index (κ3) is 5.49. The summed E-state index contributed by atoms with van der Waals surface area (Å²) < 4.78 is 211. The average Bonchev–Trinajstić information content (AvgIpc) is 2.87. The fourth-order valence-electron chi connectivity index (χ4n) is 4.12. The topological polar surface area (TPSA) is 102 Å². The summed E-state index contributed by atoms with van der Waals surface area (Å²) in [7, 11) is -32.9. The molecule has 3 aromatic rings. The monoisotopic (exact) mass is 714 g/mol. The number of rotatable bonds is 8. The lowest BCUT2D eigenvalue weighted by atomic mass is 10.4. The molecule has 0 aliphatic carbocycles. The van der Waals surface area contributed by atoms with E-state index in [1.54, 1.807) is 0 Å². The molecule has 0 aliphatic heterocycles. The minimum Gasteiger partial charge on any atom is -0.227 e. The normalized spacial score (nSPS) is 14.4. The molecule has 6 nitrogen and oxygen atoms in total. The highest BCUT2D eigenvalue weighted by atomic mass is 32.5. The summed E-state index contributed by atoms with van der Waals surface area (Å²) in [5.74, 6) is 0. The number of alkyl halides is 9. The molecule has 0 saturated carbocycles. The van der Waals surface area contributed by atoms with Crippen molar-refractivity contribution >= 4 is 64.6 Å². The van der Waals surface area contributed by atoms with Crippen molar-refractivity contribution in [3.63, 3.8) is 0 Å². The van der Waals surface area contributed by atoms with Gasteiger partial charge in [-0.1, -0.05) is 91.0 Å². The SMILES string of the molecule is O=S(=O)([Si](c1ccccc1)[Si](c1ccccc1)([Si](c1ccccc1)S(=O)(=O)C(F)(F)F)S(=O)(=O)C(F)(F)F)C(F)(F)F. The summed E-state index contributed by atoms with van der Waals surface area (Å²) in [6.45, 7) is 0. The maximum atomic E-state index is 14.7. The number of hydrogen-bond acceptors (Lipinski definition) is 6. The highest BCUT2D eigenvalue weighted by Gasteiger charge is 2.81. The first-order valence-corrected chi connectivity index (χ1v) is 24.5. The van der Waals surface area contributed by atoms with E-state index in [0.717, 1.165) is 54.6 Å². The maximum absolute atomic E-state index is 14.7. The Labute approximate surface area is 236 Å². The van der Waals surface area contributed by atoms with Crippen LogP contribution in [-0.2, 0) is 27.9 Å². The van der Waals surface area contributed by atoms with Crippen molar-refractivity contribution < 1.29 is 64.8 Å². The van der Waals surface area contributed by atoms with Crippen molar-refractivity contribution in [2.24, 2.45) is 0 Å². The van der Waals surface area contributed by atoms with Crippen molar-refractivity contribution in [2.75, 3.05) is 0 Å². The zero-order valence-corrected chi connectivity index (χ0v) is 25.7. The van der Waals surface area contributed by atoms with Gasteiger partial charge in [-0.05, 0) is 15.6 Å². The van der Waals surface area contributed by atoms with Crippen LogP contribution in [0.1, 0.15) is 0 Å². The summed E-state index contributed by atoms with van der Waals surface area (Å²) in [6, 6.07) is 11.0. The third-order valence-corrected chi connectivity index (χ3v) is 59.7. The Morgan fingerprint density at radius 3 is 1.00 bits per heavy atom. The van der Waals surface area contributed by atoms with Gasteiger partial charge in [0, 0.05) is 0 Å². The van der Waals surface area contributed by atoms with Crippen LogP contribution in [0.3, 0.4) is 0 Å². The molecule has 0 spiro atoms. The first kappa shape index (κ1) is 34.0. The van der Waals surface area contributed by atoms with Gasteiger partial charge in [0.05, 0.1) is 0 Å². The standard InChI is InChI=1S/C21H15F9O6S3Si3/c22-19(23,24)37(31,32)40(16-10-4-1-5-11-16)42(18-14-8-3-9-15-18,39(35,36)21(28,29)30)41(17-12-6-2-7-13-17)38(33,34)20(25,26)27/h1-15H. The van der Waals surface area contributed by atoms with Crippen LogP contribution in [0.25, 0.3) is 0 Å². The van der Waals surface area contributed by atoms with Gasteiger partial charge in [0.2, 0.25) is 27.9 Å². The summed E-state index contributed by atoms with van der Waals surface area (Å²) in [5, 5.41) is -3.78. The fourth-order valence-corrected chi connectivity index (χ4v) is 77.5. The molecule has 0 fully saturated rings. The molecular weight excluding hydrogens is 700 g/mol. The van der Waals surface area contributed by atoms with Gasteiger partial charge in [0.1, 0.15) is 0 Å². The Bertz CT molecular complexity index is 1650. The molecule has 0 aliphatic rings. The molecule has 0 heterocycles. The lowest BCUT2D eigenvalue weighted by molar-refractivity contribution is -0.0425. The Morgan fingerprint density at radius 1 is 0.452 bits per heavy atom. The largest absolute Gasteiger partial charge is 0.490 e. The van der Waals surface area contributed by atoms with Crippen molar-refractivity contribution in [3.05, 3.63) is 91.0 Å². The molecule has 3 rings (SSSR count). The zero-order chi connectivity index (χ0) is 32.0. The molecule has 0 amide bonds. The summed E-state index contributed by atoms with van der Waals surface area (Å²) in [5.41, 5.74) is -19.7. The van der Waals surface area contributed by atoms with Crippen LogP contribution in [0.5, 0.6) is 0 Å². The van der Waals surface area contributed by atoms with Crippen molar-refractivity contribution in [3.8, 4) is 0 Å². The second-order valence-corrected chi connectivity index (χ2v) is 39.6. The molecule has 0 bridgehead atoms.